The van der Waals surface area contributed by atoms with Crippen LogP contribution in [0.2, 0.25) is 0 Å². The second-order valence-corrected chi connectivity index (χ2v) is 9.23. The minimum absolute atomic E-state index is 0.0922. The van der Waals surface area contributed by atoms with E-state index in [4.69, 9.17) is 21.1 Å². The maximum absolute atomic E-state index is 13.7. The van der Waals surface area contributed by atoms with E-state index in [2.05, 4.69) is 4.98 Å². The standard InChI is InChI=1S/C25H23ClN2O5/c1-13-4-3-5-19(27-13)28-21(14-6-8-15(9-7-14)25(31)32-2)20-22(29)17-12-16(26)10-11-18(17)33-23(20)24(28)30/h3-9,16-18,21H,10-12H2,1-2H3. The van der Waals surface area contributed by atoms with Crippen molar-refractivity contribution in [1.82, 2.24) is 4.98 Å². The molecule has 1 aliphatic carbocycles. The van der Waals surface area contributed by atoms with E-state index in [0.29, 0.717) is 35.4 Å². The number of amides is 1. The van der Waals surface area contributed by atoms with Crippen LogP contribution >= 0.6 is 11.6 Å². The van der Waals surface area contributed by atoms with Crippen molar-refractivity contribution in [2.45, 2.75) is 43.7 Å². The van der Waals surface area contributed by atoms with Gasteiger partial charge < -0.3 is 9.47 Å². The maximum atomic E-state index is 13.7. The number of pyridine rings is 1. The van der Waals surface area contributed by atoms with E-state index in [1.807, 2.05) is 19.1 Å². The number of aromatic nitrogens is 1. The number of benzene rings is 1. The van der Waals surface area contributed by atoms with Crippen LogP contribution in [0.1, 0.15) is 46.9 Å². The van der Waals surface area contributed by atoms with Crippen molar-refractivity contribution in [3.05, 3.63) is 70.6 Å². The lowest BCUT2D eigenvalue weighted by atomic mass is 9.77. The monoisotopic (exact) mass is 466 g/mol. The van der Waals surface area contributed by atoms with Crippen molar-refractivity contribution in [2.75, 3.05) is 12.0 Å². The number of methoxy groups -OCH3 is 1. The Balaban J connectivity index is 1.62. The zero-order valence-electron chi connectivity index (χ0n) is 18.3. The van der Waals surface area contributed by atoms with E-state index in [1.165, 1.54) is 12.0 Å². The Labute approximate surface area is 196 Å². The molecule has 1 aromatic carbocycles. The van der Waals surface area contributed by atoms with Gasteiger partial charge in [-0.1, -0.05) is 18.2 Å². The molecule has 0 bridgehead atoms. The molecule has 2 aliphatic heterocycles. The third-order valence-electron chi connectivity index (χ3n) is 6.55. The topological polar surface area (TPSA) is 85.8 Å². The molecule has 4 atom stereocenters. The first-order chi connectivity index (χ1) is 15.9. The van der Waals surface area contributed by atoms with Crippen LogP contribution in [0, 0.1) is 12.8 Å². The molecule has 8 heteroatoms. The van der Waals surface area contributed by atoms with E-state index in [-0.39, 0.29) is 34.8 Å². The summed E-state index contributed by atoms with van der Waals surface area (Å²) in [7, 11) is 1.32. The number of rotatable bonds is 3. The summed E-state index contributed by atoms with van der Waals surface area (Å²) in [4.78, 5) is 45.3. The van der Waals surface area contributed by atoms with Crippen molar-refractivity contribution in [2.24, 2.45) is 5.92 Å². The number of halogens is 1. The van der Waals surface area contributed by atoms with Crippen LogP contribution in [0.15, 0.2) is 53.8 Å². The van der Waals surface area contributed by atoms with Crippen molar-refractivity contribution in [3.8, 4) is 0 Å². The van der Waals surface area contributed by atoms with Crippen LogP contribution in [0.4, 0.5) is 5.82 Å². The zero-order valence-corrected chi connectivity index (χ0v) is 19.0. The van der Waals surface area contributed by atoms with Gasteiger partial charge in [0.15, 0.2) is 11.5 Å². The summed E-state index contributed by atoms with van der Waals surface area (Å²) in [5.41, 5.74) is 2.14. The predicted octanol–water partition coefficient (Wildman–Crippen LogP) is 3.89. The number of carbonyl (C=O) groups is 3. The highest BCUT2D eigenvalue weighted by molar-refractivity contribution is 6.21. The Bertz CT molecular complexity index is 1180. The van der Waals surface area contributed by atoms with Crippen molar-refractivity contribution < 1.29 is 23.9 Å². The van der Waals surface area contributed by atoms with Crippen molar-refractivity contribution >= 4 is 35.1 Å². The minimum Gasteiger partial charge on any atom is -0.483 e. The smallest absolute Gasteiger partial charge is 0.337 e. The van der Waals surface area contributed by atoms with E-state index >= 15 is 0 Å². The lowest BCUT2D eigenvalue weighted by Crippen LogP contribution is -2.41. The third kappa shape index (κ3) is 3.60. The Hall–Kier alpha value is -3.19. The number of carbonyl (C=O) groups excluding carboxylic acids is 3. The number of esters is 1. The van der Waals surface area contributed by atoms with Crippen LogP contribution in [0.3, 0.4) is 0 Å². The second kappa shape index (κ2) is 8.30. The molecule has 1 aromatic heterocycles. The molecular formula is C25H23ClN2O5. The van der Waals surface area contributed by atoms with Gasteiger partial charge in [0.2, 0.25) is 0 Å². The Kier molecular flexibility index (Phi) is 5.44. The van der Waals surface area contributed by atoms with Crippen molar-refractivity contribution in [1.29, 1.82) is 0 Å². The number of ether oxygens (including phenoxy) is 2. The van der Waals surface area contributed by atoms with Gasteiger partial charge in [0.1, 0.15) is 11.9 Å². The Morgan fingerprint density at radius 2 is 1.91 bits per heavy atom. The number of nitrogens with zero attached hydrogens (tertiary/aromatic N) is 2. The maximum Gasteiger partial charge on any atom is 0.337 e. The number of anilines is 1. The van der Waals surface area contributed by atoms with E-state index in [0.717, 1.165) is 12.1 Å². The fourth-order valence-electron chi connectivity index (χ4n) is 4.95. The molecule has 1 fully saturated rings. The first kappa shape index (κ1) is 21.6. The highest BCUT2D eigenvalue weighted by Gasteiger charge is 2.53. The largest absolute Gasteiger partial charge is 0.483 e. The first-order valence-electron chi connectivity index (χ1n) is 10.9. The van der Waals surface area contributed by atoms with Gasteiger partial charge in [0.05, 0.1) is 30.2 Å². The van der Waals surface area contributed by atoms with Gasteiger partial charge in [-0.25, -0.2) is 9.78 Å². The summed E-state index contributed by atoms with van der Waals surface area (Å²) in [5.74, 6) is -0.792. The number of ketones is 1. The van der Waals surface area contributed by atoms with Gasteiger partial charge in [-0.05, 0) is 56.0 Å². The summed E-state index contributed by atoms with van der Waals surface area (Å²) >= 11 is 6.37. The molecule has 170 valence electrons. The van der Waals surface area contributed by atoms with Gasteiger partial charge in [-0.2, -0.15) is 0 Å². The molecule has 7 nitrogen and oxygen atoms in total. The lowest BCUT2D eigenvalue weighted by molar-refractivity contribution is -0.131. The van der Waals surface area contributed by atoms with Crippen LogP contribution in [0.25, 0.3) is 0 Å². The van der Waals surface area contributed by atoms with E-state index in [9.17, 15) is 14.4 Å². The molecule has 0 spiro atoms. The summed E-state index contributed by atoms with van der Waals surface area (Å²) in [6, 6.07) is 11.4. The molecule has 33 heavy (non-hydrogen) atoms. The summed E-state index contributed by atoms with van der Waals surface area (Å²) in [6.45, 7) is 1.84. The molecule has 0 radical (unpaired) electrons. The van der Waals surface area contributed by atoms with Gasteiger partial charge in [-0.3, -0.25) is 14.5 Å². The van der Waals surface area contributed by atoms with Gasteiger partial charge >= 0.3 is 5.97 Å². The van der Waals surface area contributed by atoms with Crippen LogP contribution in [0.5, 0.6) is 0 Å². The average Bonchev–Trinajstić information content (AvgIpc) is 3.11. The number of alkyl halides is 1. The lowest BCUT2D eigenvalue weighted by Gasteiger charge is -2.37. The highest BCUT2D eigenvalue weighted by atomic mass is 35.5. The molecule has 3 heterocycles. The molecular weight excluding hydrogens is 444 g/mol. The predicted molar refractivity (Wildman–Crippen MR) is 121 cm³/mol. The molecule has 1 amide bonds. The molecule has 4 unspecified atom stereocenters. The molecule has 3 aliphatic rings. The first-order valence-corrected chi connectivity index (χ1v) is 11.4. The number of aryl methyl sites for hydroxylation is 1. The summed E-state index contributed by atoms with van der Waals surface area (Å²) < 4.78 is 11.0. The SMILES string of the molecule is COC(=O)c1ccc(C2C3=C(OC4CCC(Cl)CC4C3=O)C(=O)N2c2cccc(C)n2)cc1. The summed E-state index contributed by atoms with van der Waals surface area (Å²) in [5, 5.41) is -0.0922. The number of Topliss-reactive ketones (excluding diaryl/α,β-unsaturated/α-hetero) is 1. The second-order valence-electron chi connectivity index (χ2n) is 8.61. The average molecular weight is 467 g/mol. The normalized spacial score (nSPS) is 26.6. The number of hydrogen-bond donors (Lipinski definition) is 0. The van der Waals surface area contributed by atoms with Gasteiger partial charge in [0.25, 0.3) is 5.91 Å². The number of hydrogen-bond acceptors (Lipinski definition) is 6. The molecule has 0 saturated heterocycles. The van der Waals surface area contributed by atoms with Gasteiger partial charge in [-0.15, -0.1) is 11.6 Å². The zero-order chi connectivity index (χ0) is 23.3. The third-order valence-corrected chi connectivity index (χ3v) is 6.95. The minimum atomic E-state index is -0.711. The van der Waals surface area contributed by atoms with Crippen LogP contribution in [-0.4, -0.2) is 41.2 Å². The van der Waals surface area contributed by atoms with E-state index < -0.39 is 12.0 Å². The van der Waals surface area contributed by atoms with Crippen LogP contribution in [-0.2, 0) is 19.1 Å². The number of fused-ring (bicyclic) bond motifs is 1. The van der Waals surface area contributed by atoms with Gasteiger partial charge in [0, 0.05) is 11.1 Å². The Morgan fingerprint density at radius 3 is 2.61 bits per heavy atom. The summed E-state index contributed by atoms with van der Waals surface area (Å²) in [6.07, 6.45) is 1.56. The Morgan fingerprint density at radius 1 is 1.15 bits per heavy atom. The van der Waals surface area contributed by atoms with E-state index in [1.54, 1.807) is 30.3 Å². The quantitative estimate of drug-likeness (QED) is 0.504. The fourth-order valence-corrected chi connectivity index (χ4v) is 5.27. The fraction of sp³-hybridized carbons (Fsp3) is 0.360. The molecule has 5 rings (SSSR count). The molecule has 1 saturated carbocycles. The van der Waals surface area contributed by atoms with Crippen LogP contribution < -0.4 is 4.90 Å². The highest BCUT2D eigenvalue weighted by Crippen LogP contribution is 2.48. The van der Waals surface area contributed by atoms with Crippen molar-refractivity contribution in [3.63, 3.8) is 0 Å². The molecule has 0 N–H and O–H groups in total. The molecule has 2 aromatic rings.